The zero-order valence-corrected chi connectivity index (χ0v) is 16.4. The molecule has 4 rings (SSSR count). The zero-order chi connectivity index (χ0) is 20.2. The van der Waals surface area contributed by atoms with Crippen LogP contribution in [0.2, 0.25) is 5.02 Å². The lowest BCUT2D eigenvalue weighted by Crippen LogP contribution is -2.25. The Kier molecular flexibility index (Phi) is 5.35. The standard InChI is InChI=1S/C22H18ClN3O3/c1-28-18-10-4-15(5-11-18)20-13-21(22(27)24-14-19-3-2-12-29-19)26(25-20)17-8-6-16(23)7-9-17/h2-13H,14H2,1H3,(H,24,27). The van der Waals surface area contributed by atoms with Gasteiger partial charge in [-0.1, -0.05) is 11.6 Å². The highest BCUT2D eigenvalue weighted by Crippen LogP contribution is 2.24. The molecule has 1 amide bonds. The second-order valence-corrected chi connectivity index (χ2v) is 6.73. The van der Waals surface area contributed by atoms with Crippen LogP contribution in [0.15, 0.2) is 77.4 Å². The smallest absolute Gasteiger partial charge is 0.270 e. The van der Waals surface area contributed by atoms with E-state index in [1.807, 2.05) is 36.4 Å². The van der Waals surface area contributed by atoms with Gasteiger partial charge in [-0.15, -0.1) is 0 Å². The average molecular weight is 408 g/mol. The number of nitrogens with zero attached hydrogens (tertiary/aromatic N) is 2. The number of halogens is 1. The fourth-order valence-electron chi connectivity index (χ4n) is 2.90. The predicted molar refractivity (Wildman–Crippen MR) is 110 cm³/mol. The van der Waals surface area contributed by atoms with Gasteiger partial charge in [0.15, 0.2) is 0 Å². The molecule has 0 aliphatic carbocycles. The maximum absolute atomic E-state index is 12.9. The van der Waals surface area contributed by atoms with Crippen molar-refractivity contribution in [3.63, 3.8) is 0 Å². The Hall–Kier alpha value is -3.51. The number of hydrogen-bond donors (Lipinski definition) is 1. The summed E-state index contributed by atoms with van der Waals surface area (Å²) in [6.07, 6.45) is 1.57. The molecule has 0 saturated carbocycles. The molecule has 2 heterocycles. The second-order valence-electron chi connectivity index (χ2n) is 6.29. The first-order chi connectivity index (χ1) is 14.1. The van der Waals surface area contributed by atoms with Crippen molar-refractivity contribution in [2.75, 3.05) is 7.11 Å². The van der Waals surface area contributed by atoms with E-state index < -0.39 is 0 Å². The van der Waals surface area contributed by atoms with Gasteiger partial charge >= 0.3 is 0 Å². The van der Waals surface area contributed by atoms with Crippen LogP contribution in [0.1, 0.15) is 16.2 Å². The number of benzene rings is 2. The van der Waals surface area contributed by atoms with Crippen LogP contribution in [-0.2, 0) is 6.54 Å². The number of nitrogens with one attached hydrogen (secondary N) is 1. The highest BCUT2D eigenvalue weighted by molar-refractivity contribution is 6.30. The summed E-state index contributed by atoms with van der Waals surface area (Å²) in [4.78, 5) is 12.9. The van der Waals surface area contributed by atoms with Crippen LogP contribution in [0.25, 0.3) is 16.9 Å². The van der Waals surface area contributed by atoms with Gasteiger partial charge in [-0.05, 0) is 66.7 Å². The van der Waals surface area contributed by atoms with Crippen LogP contribution in [0.5, 0.6) is 5.75 Å². The number of hydrogen-bond acceptors (Lipinski definition) is 4. The number of ether oxygens (including phenoxy) is 1. The first-order valence-corrected chi connectivity index (χ1v) is 9.33. The van der Waals surface area contributed by atoms with E-state index in [1.54, 1.807) is 48.4 Å². The molecule has 7 heteroatoms. The van der Waals surface area contributed by atoms with Gasteiger partial charge in [0, 0.05) is 10.6 Å². The van der Waals surface area contributed by atoms with Gasteiger partial charge in [0.05, 0.1) is 31.3 Å². The van der Waals surface area contributed by atoms with Crippen molar-refractivity contribution in [3.8, 4) is 22.7 Å². The van der Waals surface area contributed by atoms with Gasteiger partial charge in [0.2, 0.25) is 0 Å². The SMILES string of the molecule is COc1ccc(-c2cc(C(=O)NCc3ccco3)n(-c3ccc(Cl)cc3)n2)cc1. The van der Waals surface area contributed by atoms with Gasteiger partial charge in [0.25, 0.3) is 5.91 Å². The predicted octanol–water partition coefficient (Wildman–Crippen LogP) is 4.72. The molecule has 0 saturated heterocycles. The van der Waals surface area contributed by atoms with Crippen molar-refractivity contribution in [2.24, 2.45) is 0 Å². The first kappa shape index (κ1) is 18.8. The quantitative estimate of drug-likeness (QED) is 0.502. The molecule has 4 aromatic rings. The summed E-state index contributed by atoms with van der Waals surface area (Å²) in [7, 11) is 1.62. The maximum Gasteiger partial charge on any atom is 0.270 e. The van der Waals surface area contributed by atoms with E-state index in [1.165, 1.54) is 0 Å². The molecule has 2 aromatic carbocycles. The number of aromatic nitrogens is 2. The second kappa shape index (κ2) is 8.24. The van der Waals surface area contributed by atoms with E-state index in [0.717, 1.165) is 17.0 Å². The summed E-state index contributed by atoms with van der Waals surface area (Å²) in [6, 6.07) is 20.0. The average Bonchev–Trinajstić information content (AvgIpc) is 3.43. The van der Waals surface area contributed by atoms with E-state index in [-0.39, 0.29) is 12.5 Å². The van der Waals surface area contributed by atoms with Crippen LogP contribution < -0.4 is 10.1 Å². The third kappa shape index (κ3) is 4.17. The minimum Gasteiger partial charge on any atom is -0.497 e. The van der Waals surface area contributed by atoms with E-state index >= 15 is 0 Å². The van der Waals surface area contributed by atoms with Crippen LogP contribution in [0.3, 0.4) is 0 Å². The summed E-state index contributed by atoms with van der Waals surface area (Å²) in [5.41, 5.74) is 2.69. The number of rotatable bonds is 6. The van der Waals surface area contributed by atoms with Gasteiger partial charge in [-0.2, -0.15) is 5.10 Å². The third-order valence-corrected chi connectivity index (χ3v) is 4.65. The molecule has 146 valence electrons. The Labute approximate surface area is 172 Å². The molecule has 0 fully saturated rings. The first-order valence-electron chi connectivity index (χ1n) is 8.95. The van der Waals surface area contributed by atoms with Crippen molar-refractivity contribution in [2.45, 2.75) is 6.54 Å². The van der Waals surface area contributed by atoms with Gasteiger partial charge in [-0.25, -0.2) is 4.68 Å². The number of furan rings is 1. The molecule has 6 nitrogen and oxygen atoms in total. The zero-order valence-electron chi connectivity index (χ0n) is 15.6. The minimum absolute atomic E-state index is 0.261. The van der Waals surface area contributed by atoms with Crippen molar-refractivity contribution >= 4 is 17.5 Å². The lowest BCUT2D eigenvalue weighted by atomic mass is 10.1. The molecule has 0 aliphatic rings. The maximum atomic E-state index is 12.9. The number of amides is 1. The molecular weight excluding hydrogens is 390 g/mol. The molecule has 29 heavy (non-hydrogen) atoms. The van der Waals surface area contributed by atoms with Crippen molar-refractivity contribution < 1.29 is 13.9 Å². The monoisotopic (exact) mass is 407 g/mol. The lowest BCUT2D eigenvalue weighted by Gasteiger charge is -2.08. The summed E-state index contributed by atoms with van der Waals surface area (Å²) in [5.74, 6) is 1.16. The summed E-state index contributed by atoms with van der Waals surface area (Å²) in [6.45, 7) is 0.287. The van der Waals surface area contributed by atoms with Crippen LogP contribution in [-0.4, -0.2) is 22.8 Å². The van der Waals surface area contributed by atoms with Gasteiger partial charge in [0.1, 0.15) is 17.2 Å². The number of carbonyl (C=O) groups excluding carboxylic acids is 1. The Bertz CT molecular complexity index is 1100. The van der Waals surface area contributed by atoms with E-state index in [2.05, 4.69) is 10.4 Å². The fraction of sp³-hybridized carbons (Fsp3) is 0.0909. The Morgan fingerprint density at radius 1 is 1.14 bits per heavy atom. The summed E-state index contributed by atoms with van der Waals surface area (Å²) < 4.78 is 12.1. The Morgan fingerprint density at radius 3 is 2.55 bits per heavy atom. The van der Waals surface area contributed by atoms with E-state index in [0.29, 0.717) is 22.2 Å². The van der Waals surface area contributed by atoms with E-state index in [4.69, 9.17) is 20.8 Å². The van der Waals surface area contributed by atoms with Crippen LogP contribution >= 0.6 is 11.6 Å². The van der Waals surface area contributed by atoms with Gasteiger partial charge < -0.3 is 14.5 Å². The molecule has 0 radical (unpaired) electrons. The number of carbonyl (C=O) groups is 1. The molecule has 0 aliphatic heterocycles. The summed E-state index contributed by atoms with van der Waals surface area (Å²) >= 11 is 6.01. The molecule has 0 unspecified atom stereocenters. The molecule has 0 spiro atoms. The van der Waals surface area contributed by atoms with Crippen molar-refractivity contribution in [1.29, 1.82) is 0 Å². The largest absolute Gasteiger partial charge is 0.497 e. The Balaban J connectivity index is 1.69. The fourth-order valence-corrected chi connectivity index (χ4v) is 3.02. The molecule has 0 bridgehead atoms. The topological polar surface area (TPSA) is 69.3 Å². The van der Waals surface area contributed by atoms with Gasteiger partial charge in [-0.3, -0.25) is 4.79 Å². The molecular formula is C22H18ClN3O3. The number of methoxy groups -OCH3 is 1. The van der Waals surface area contributed by atoms with Crippen LogP contribution in [0.4, 0.5) is 0 Å². The molecule has 1 N–H and O–H groups in total. The lowest BCUT2D eigenvalue weighted by molar-refractivity contribution is 0.0940. The molecule has 2 aromatic heterocycles. The van der Waals surface area contributed by atoms with Crippen molar-refractivity contribution in [3.05, 3.63) is 89.5 Å². The highest BCUT2D eigenvalue weighted by Gasteiger charge is 2.18. The van der Waals surface area contributed by atoms with E-state index in [9.17, 15) is 4.79 Å². The molecule has 0 atom stereocenters. The summed E-state index contributed by atoms with van der Waals surface area (Å²) in [5, 5.41) is 8.13. The third-order valence-electron chi connectivity index (χ3n) is 4.40. The van der Waals surface area contributed by atoms with Crippen LogP contribution in [0, 0.1) is 0 Å². The van der Waals surface area contributed by atoms with Crippen molar-refractivity contribution in [1.82, 2.24) is 15.1 Å². The minimum atomic E-state index is -0.261. The highest BCUT2D eigenvalue weighted by atomic mass is 35.5. The Morgan fingerprint density at radius 2 is 1.90 bits per heavy atom. The normalized spacial score (nSPS) is 10.7.